The summed E-state index contributed by atoms with van der Waals surface area (Å²) in [4.78, 5) is 0. The zero-order valence-electron chi connectivity index (χ0n) is 13.2. The molecule has 2 rings (SSSR count). The molecule has 1 aromatic carbocycles. The topological polar surface area (TPSA) is 21.3 Å². The average molecular weight is 275 g/mol. The van der Waals surface area contributed by atoms with E-state index in [4.69, 9.17) is 4.74 Å². The van der Waals surface area contributed by atoms with Gasteiger partial charge in [-0.3, -0.25) is 0 Å². The molecule has 112 valence electrons. The molecule has 1 aliphatic carbocycles. The van der Waals surface area contributed by atoms with E-state index in [1.165, 1.54) is 37.7 Å². The van der Waals surface area contributed by atoms with Crippen LogP contribution in [0.3, 0.4) is 0 Å². The summed E-state index contributed by atoms with van der Waals surface area (Å²) in [6.45, 7) is 6.71. The molecule has 0 unspecified atom stereocenters. The van der Waals surface area contributed by atoms with Crippen LogP contribution >= 0.6 is 0 Å². The van der Waals surface area contributed by atoms with E-state index in [0.29, 0.717) is 5.41 Å². The Kier molecular flexibility index (Phi) is 5.47. The van der Waals surface area contributed by atoms with Crippen LogP contribution in [0.5, 0.6) is 5.75 Å². The fraction of sp³-hybridized carbons (Fsp3) is 0.667. The van der Waals surface area contributed by atoms with Crippen molar-refractivity contribution in [2.75, 3.05) is 20.2 Å². The van der Waals surface area contributed by atoms with Gasteiger partial charge in [-0.05, 0) is 37.8 Å². The number of methoxy groups -OCH3 is 1. The molecular formula is C18H29NO. The number of hydrogen-bond donors (Lipinski definition) is 1. The molecule has 1 fully saturated rings. The highest BCUT2D eigenvalue weighted by Crippen LogP contribution is 2.51. The minimum Gasteiger partial charge on any atom is -0.496 e. The molecule has 20 heavy (non-hydrogen) atoms. The second kappa shape index (κ2) is 7.12. The van der Waals surface area contributed by atoms with E-state index in [0.717, 1.165) is 24.8 Å². The van der Waals surface area contributed by atoms with Gasteiger partial charge < -0.3 is 10.1 Å². The van der Waals surface area contributed by atoms with Gasteiger partial charge in [-0.15, -0.1) is 0 Å². The quantitative estimate of drug-likeness (QED) is 0.720. The monoisotopic (exact) mass is 275 g/mol. The molecule has 1 N–H and O–H groups in total. The first-order valence-corrected chi connectivity index (χ1v) is 8.10. The van der Waals surface area contributed by atoms with Crippen LogP contribution in [0.2, 0.25) is 0 Å². The van der Waals surface area contributed by atoms with Crippen molar-refractivity contribution < 1.29 is 4.74 Å². The number of para-hydroxylation sites is 1. The third-order valence-corrected chi connectivity index (χ3v) is 4.62. The summed E-state index contributed by atoms with van der Waals surface area (Å²) >= 11 is 0. The van der Waals surface area contributed by atoms with Crippen LogP contribution in [-0.4, -0.2) is 20.2 Å². The first kappa shape index (κ1) is 15.4. The number of rotatable bonds is 8. The van der Waals surface area contributed by atoms with Gasteiger partial charge in [0.25, 0.3) is 0 Å². The predicted molar refractivity (Wildman–Crippen MR) is 85.5 cm³/mol. The number of benzene rings is 1. The van der Waals surface area contributed by atoms with Crippen LogP contribution in [0.1, 0.15) is 51.5 Å². The summed E-state index contributed by atoms with van der Waals surface area (Å²) in [6, 6.07) is 8.57. The Balaban J connectivity index is 2.14. The normalized spacial score (nSPS) is 25.2. The van der Waals surface area contributed by atoms with Gasteiger partial charge in [0.05, 0.1) is 7.11 Å². The van der Waals surface area contributed by atoms with E-state index in [-0.39, 0.29) is 0 Å². The highest BCUT2D eigenvalue weighted by molar-refractivity contribution is 5.42. The van der Waals surface area contributed by atoms with Crippen LogP contribution in [0.15, 0.2) is 24.3 Å². The lowest BCUT2D eigenvalue weighted by Gasteiger charge is -2.49. The molecule has 0 heterocycles. The zero-order chi connectivity index (χ0) is 14.4. The van der Waals surface area contributed by atoms with E-state index < -0.39 is 0 Å². The molecule has 1 aliphatic rings. The molecule has 0 spiro atoms. The Morgan fingerprint density at radius 3 is 2.60 bits per heavy atom. The van der Waals surface area contributed by atoms with Gasteiger partial charge in [-0.1, -0.05) is 44.9 Å². The molecule has 0 radical (unpaired) electrons. The highest BCUT2D eigenvalue weighted by Gasteiger charge is 2.45. The van der Waals surface area contributed by atoms with Crippen molar-refractivity contribution in [1.29, 1.82) is 0 Å². The van der Waals surface area contributed by atoms with Crippen molar-refractivity contribution in [3.05, 3.63) is 29.8 Å². The van der Waals surface area contributed by atoms with Crippen molar-refractivity contribution in [1.82, 2.24) is 5.32 Å². The van der Waals surface area contributed by atoms with Gasteiger partial charge >= 0.3 is 0 Å². The zero-order valence-corrected chi connectivity index (χ0v) is 13.2. The van der Waals surface area contributed by atoms with Crippen molar-refractivity contribution in [3.8, 4) is 5.75 Å². The lowest BCUT2D eigenvalue weighted by Crippen LogP contribution is -2.49. The summed E-state index contributed by atoms with van der Waals surface area (Å²) < 4.78 is 5.60. The molecule has 0 bridgehead atoms. The smallest absolute Gasteiger partial charge is 0.122 e. The van der Waals surface area contributed by atoms with E-state index >= 15 is 0 Å². The lowest BCUT2D eigenvalue weighted by molar-refractivity contribution is 0.125. The fourth-order valence-electron chi connectivity index (χ4n) is 3.70. The Morgan fingerprint density at radius 2 is 1.95 bits per heavy atom. The maximum Gasteiger partial charge on any atom is 0.122 e. The third kappa shape index (κ3) is 3.17. The Morgan fingerprint density at radius 1 is 1.20 bits per heavy atom. The van der Waals surface area contributed by atoms with Gasteiger partial charge in [-0.25, -0.2) is 0 Å². The van der Waals surface area contributed by atoms with E-state index in [1.54, 1.807) is 7.11 Å². The number of hydrogen-bond acceptors (Lipinski definition) is 2. The molecule has 0 aliphatic heterocycles. The van der Waals surface area contributed by atoms with E-state index in [1.807, 2.05) is 0 Å². The van der Waals surface area contributed by atoms with Gasteiger partial charge in [0, 0.05) is 17.5 Å². The molecule has 0 atom stereocenters. The summed E-state index contributed by atoms with van der Waals surface area (Å²) in [5, 5.41) is 3.63. The molecule has 0 saturated heterocycles. The van der Waals surface area contributed by atoms with Gasteiger partial charge in [-0.2, -0.15) is 0 Å². The van der Waals surface area contributed by atoms with Crippen molar-refractivity contribution in [3.63, 3.8) is 0 Å². The maximum absolute atomic E-state index is 5.60. The average Bonchev–Trinajstić information content (AvgIpc) is 2.44. The van der Waals surface area contributed by atoms with Crippen LogP contribution in [0.25, 0.3) is 0 Å². The summed E-state index contributed by atoms with van der Waals surface area (Å²) in [6.07, 6.45) is 6.47. The van der Waals surface area contributed by atoms with Crippen molar-refractivity contribution in [2.24, 2.45) is 5.92 Å². The number of nitrogens with one attached hydrogen (secondary N) is 1. The molecule has 1 saturated carbocycles. The second-order valence-corrected chi connectivity index (χ2v) is 6.22. The van der Waals surface area contributed by atoms with Crippen LogP contribution < -0.4 is 10.1 Å². The van der Waals surface area contributed by atoms with Crippen LogP contribution in [-0.2, 0) is 5.41 Å². The minimum absolute atomic E-state index is 0.293. The van der Waals surface area contributed by atoms with E-state index in [2.05, 4.69) is 43.4 Å². The fourth-order valence-corrected chi connectivity index (χ4v) is 3.70. The SMILES string of the molecule is CCCNCC1(c2ccccc2OC)CC(CCC)C1. The molecule has 0 amide bonds. The standard InChI is InChI=1S/C18H29NO/c1-4-8-15-12-18(13-15,14-19-11-5-2)16-9-6-7-10-17(16)20-3/h6-7,9-10,15,19H,4-5,8,11-14H2,1-3H3. The number of ether oxygens (including phenoxy) is 1. The van der Waals surface area contributed by atoms with Crippen molar-refractivity contribution in [2.45, 2.75) is 51.4 Å². The van der Waals surface area contributed by atoms with Crippen molar-refractivity contribution >= 4 is 0 Å². The van der Waals surface area contributed by atoms with E-state index in [9.17, 15) is 0 Å². The Hall–Kier alpha value is -1.02. The Bertz CT molecular complexity index is 404. The molecule has 2 heteroatoms. The second-order valence-electron chi connectivity index (χ2n) is 6.22. The molecule has 0 aromatic heterocycles. The first-order chi connectivity index (χ1) is 9.75. The lowest BCUT2D eigenvalue weighted by atomic mass is 9.57. The first-order valence-electron chi connectivity index (χ1n) is 8.10. The Labute approximate surface area is 123 Å². The van der Waals surface area contributed by atoms with Gasteiger partial charge in [0.2, 0.25) is 0 Å². The van der Waals surface area contributed by atoms with Crippen LogP contribution in [0, 0.1) is 5.92 Å². The summed E-state index contributed by atoms with van der Waals surface area (Å²) in [5.41, 5.74) is 1.69. The molecule has 2 nitrogen and oxygen atoms in total. The van der Waals surface area contributed by atoms with Gasteiger partial charge in [0.15, 0.2) is 0 Å². The molecule has 1 aromatic rings. The largest absolute Gasteiger partial charge is 0.496 e. The minimum atomic E-state index is 0.293. The van der Waals surface area contributed by atoms with Gasteiger partial charge in [0.1, 0.15) is 5.75 Å². The summed E-state index contributed by atoms with van der Waals surface area (Å²) in [5.74, 6) is 1.95. The molecular weight excluding hydrogens is 246 g/mol. The van der Waals surface area contributed by atoms with Crippen LogP contribution in [0.4, 0.5) is 0 Å². The summed E-state index contributed by atoms with van der Waals surface area (Å²) in [7, 11) is 1.79. The third-order valence-electron chi connectivity index (χ3n) is 4.62. The highest BCUT2D eigenvalue weighted by atomic mass is 16.5. The maximum atomic E-state index is 5.60. The predicted octanol–water partition coefficient (Wildman–Crippen LogP) is 4.14.